The van der Waals surface area contributed by atoms with Gasteiger partial charge in [-0.05, 0) is 31.2 Å². The third-order valence-electron chi connectivity index (χ3n) is 5.60. The fraction of sp³-hybridized carbons (Fsp3) is 0.500. The van der Waals surface area contributed by atoms with Gasteiger partial charge in [0.15, 0.2) is 5.82 Å². The summed E-state index contributed by atoms with van der Waals surface area (Å²) in [4.78, 5) is 24.0. The van der Waals surface area contributed by atoms with Gasteiger partial charge in [-0.2, -0.15) is 0 Å². The number of carbonyl (C=O) groups excluding carboxylic acids is 1. The summed E-state index contributed by atoms with van der Waals surface area (Å²) in [5.74, 6) is 1.43. The van der Waals surface area contributed by atoms with E-state index in [1.165, 1.54) is 0 Å². The van der Waals surface area contributed by atoms with E-state index in [2.05, 4.69) is 22.5 Å². The number of fused-ring (bicyclic) bond motifs is 1. The lowest BCUT2D eigenvalue weighted by atomic mass is 10.1. The van der Waals surface area contributed by atoms with Crippen molar-refractivity contribution in [2.45, 2.75) is 26.0 Å². The summed E-state index contributed by atoms with van der Waals surface area (Å²) in [7, 11) is -3.13. The molecular weight excluding hydrogens is 446 g/mol. The molecule has 11 heteroatoms. The minimum absolute atomic E-state index is 0.0537. The molecule has 1 fully saturated rings. The predicted octanol–water partition coefficient (Wildman–Crippen LogP) is 1.61. The van der Waals surface area contributed by atoms with Crippen molar-refractivity contribution < 1.29 is 22.7 Å². The Kier molecular flexibility index (Phi) is 7.11. The Morgan fingerprint density at radius 1 is 1.18 bits per heavy atom. The van der Waals surface area contributed by atoms with E-state index in [4.69, 9.17) is 19.4 Å². The Labute approximate surface area is 193 Å². The fourth-order valence-electron chi connectivity index (χ4n) is 3.85. The Hall–Kier alpha value is -2.76. The average Bonchev–Trinajstić information content (AvgIpc) is 2.78. The van der Waals surface area contributed by atoms with Crippen LogP contribution in [-0.4, -0.2) is 75.4 Å². The van der Waals surface area contributed by atoms with Gasteiger partial charge in [-0.1, -0.05) is 0 Å². The molecule has 2 amide bonds. The third-order valence-corrected chi connectivity index (χ3v) is 6.55. The van der Waals surface area contributed by atoms with Gasteiger partial charge in [0.25, 0.3) is 0 Å². The standard InChI is InChI=1S/C22H29N5O5S/c1-15-13-32-11-9-27(15)21-18-14-31-10-7-19(18)25-20(26-21)16-3-5-17(6-4-16)24-22(28)23-8-12-33(2,29)30/h3-6,15H,7-14H2,1-2H3,(H2,23,24,28)/t15-/m0/s1. The maximum absolute atomic E-state index is 12.0. The third kappa shape index (κ3) is 5.98. The number of anilines is 2. The molecule has 0 aliphatic carbocycles. The van der Waals surface area contributed by atoms with Gasteiger partial charge in [0.1, 0.15) is 15.7 Å². The van der Waals surface area contributed by atoms with Gasteiger partial charge in [0.05, 0.1) is 43.9 Å². The van der Waals surface area contributed by atoms with Gasteiger partial charge in [0.2, 0.25) is 0 Å². The Morgan fingerprint density at radius 2 is 1.97 bits per heavy atom. The van der Waals surface area contributed by atoms with Crippen molar-refractivity contribution in [1.82, 2.24) is 15.3 Å². The molecule has 4 rings (SSSR count). The Morgan fingerprint density at radius 3 is 2.70 bits per heavy atom. The fourth-order valence-corrected chi connectivity index (χ4v) is 4.32. The molecule has 1 aromatic heterocycles. The lowest BCUT2D eigenvalue weighted by molar-refractivity contribution is 0.0952. The van der Waals surface area contributed by atoms with Crippen LogP contribution in [0.3, 0.4) is 0 Å². The summed E-state index contributed by atoms with van der Waals surface area (Å²) in [6, 6.07) is 7.02. The zero-order valence-electron chi connectivity index (χ0n) is 18.8. The topological polar surface area (TPSA) is 123 Å². The molecule has 3 heterocycles. The summed E-state index contributed by atoms with van der Waals surface area (Å²) < 4.78 is 33.6. The van der Waals surface area contributed by atoms with Crippen molar-refractivity contribution in [1.29, 1.82) is 0 Å². The van der Waals surface area contributed by atoms with Crippen LogP contribution in [0.15, 0.2) is 24.3 Å². The first kappa shape index (κ1) is 23.4. The van der Waals surface area contributed by atoms with E-state index >= 15 is 0 Å². The highest BCUT2D eigenvalue weighted by Crippen LogP contribution is 2.31. The van der Waals surface area contributed by atoms with Crippen LogP contribution in [0.5, 0.6) is 0 Å². The molecule has 2 aromatic rings. The summed E-state index contributed by atoms with van der Waals surface area (Å²) in [5, 5.41) is 5.24. The van der Waals surface area contributed by atoms with E-state index in [-0.39, 0.29) is 18.3 Å². The first-order valence-electron chi connectivity index (χ1n) is 10.9. The van der Waals surface area contributed by atoms with Crippen molar-refractivity contribution in [2.75, 3.05) is 55.1 Å². The summed E-state index contributed by atoms with van der Waals surface area (Å²) >= 11 is 0. The van der Waals surface area contributed by atoms with Crippen molar-refractivity contribution in [3.63, 3.8) is 0 Å². The second-order valence-corrected chi connectivity index (χ2v) is 10.6. The monoisotopic (exact) mass is 475 g/mol. The van der Waals surface area contributed by atoms with Crippen LogP contribution in [0, 0.1) is 0 Å². The van der Waals surface area contributed by atoms with Crippen LogP contribution >= 0.6 is 0 Å². The average molecular weight is 476 g/mol. The van der Waals surface area contributed by atoms with Crippen LogP contribution in [0.4, 0.5) is 16.3 Å². The van der Waals surface area contributed by atoms with Gasteiger partial charge < -0.3 is 25.0 Å². The van der Waals surface area contributed by atoms with Gasteiger partial charge >= 0.3 is 6.03 Å². The number of ether oxygens (including phenoxy) is 2. The minimum Gasteiger partial charge on any atom is -0.377 e. The maximum Gasteiger partial charge on any atom is 0.319 e. The lowest BCUT2D eigenvalue weighted by Gasteiger charge is -2.36. The van der Waals surface area contributed by atoms with Crippen LogP contribution in [0.1, 0.15) is 18.2 Å². The molecule has 2 N–H and O–H groups in total. The number of carbonyl (C=O) groups is 1. The molecular formula is C22H29N5O5S. The highest BCUT2D eigenvalue weighted by Gasteiger charge is 2.27. The molecule has 1 saturated heterocycles. The second kappa shape index (κ2) is 10.0. The molecule has 178 valence electrons. The normalized spacial score (nSPS) is 18.5. The lowest BCUT2D eigenvalue weighted by Crippen LogP contribution is -2.45. The molecule has 0 radical (unpaired) electrons. The number of sulfone groups is 1. The van der Waals surface area contributed by atoms with Crippen LogP contribution in [0.25, 0.3) is 11.4 Å². The smallest absolute Gasteiger partial charge is 0.319 e. The van der Waals surface area contributed by atoms with Crippen molar-refractivity contribution in [2.24, 2.45) is 0 Å². The van der Waals surface area contributed by atoms with Crippen LogP contribution < -0.4 is 15.5 Å². The first-order chi connectivity index (χ1) is 15.8. The number of amides is 2. The molecule has 1 aromatic carbocycles. The molecule has 1 atom stereocenters. The number of nitrogens with one attached hydrogen (secondary N) is 2. The minimum atomic E-state index is -3.13. The van der Waals surface area contributed by atoms with Crippen molar-refractivity contribution in [3.05, 3.63) is 35.5 Å². The summed E-state index contributed by atoms with van der Waals surface area (Å²) in [6.45, 7) is 5.40. The number of hydrogen-bond acceptors (Lipinski definition) is 8. The van der Waals surface area contributed by atoms with Gasteiger partial charge in [0, 0.05) is 42.6 Å². The predicted molar refractivity (Wildman–Crippen MR) is 125 cm³/mol. The van der Waals surface area contributed by atoms with Crippen molar-refractivity contribution in [3.8, 4) is 11.4 Å². The number of rotatable bonds is 6. The van der Waals surface area contributed by atoms with Gasteiger partial charge in [-0.3, -0.25) is 0 Å². The zero-order chi connectivity index (χ0) is 23.4. The van der Waals surface area contributed by atoms with Crippen LogP contribution in [-0.2, 0) is 32.3 Å². The molecule has 2 aliphatic rings. The van der Waals surface area contributed by atoms with Gasteiger partial charge in [-0.15, -0.1) is 0 Å². The number of nitrogens with zero attached hydrogens (tertiary/aromatic N) is 3. The highest BCUT2D eigenvalue weighted by atomic mass is 32.2. The molecule has 33 heavy (non-hydrogen) atoms. The quantitative estimate of drug-likeness (QED) is 0.646. The highest BCUT2D eigenvalue weighted by molar-refractivity contribution is 7.90. The van der Waals surface area contributed by atoms with Gasteiger partial charge in [-0.25, -0.2) is 23.2 Å². The maximum atomic E-state index is 12.0. The number of aromatic nitrogens is 2. The zero-order valence-corrected chi connectivity index (χ0v) is 19.7. The van der Waals surface area contributed by atoms with Crippen LogP contribution in [0.2, 0.25) is 0 Å². The summed E-state index contributed by atoms with van der Waals surface area (Å²) in [6.07, 6.45) is 1.87. The number of benzene rings is 1. The van der Waals surface area contributed by atoms with E-state index < -0.39 is 15.9 Å². The van der Waals surface area contributed by atoms with E-state index in [0.29, 0.717) is 37.9 Å². The molecule has 0 unspecified atom stereocenters. The molecule has 0 spiro atoms. The Bertz CT molecular complexity index is 1110. The van der Waals surface area contributed by atoms with E-state index in [1.807, 2.05) is 12.1 Å². The van der Waals surface area contributed by atoms with Crippen molar-refractivity contribution >= 4 is 27.4 Å². The number of morpholine rings is 1. The van der Waals surface area contributed by atoms with E-state index in [0.717, 1.165) is 41.9 Å². The molecule has 0 saturated carbocycles. The SMILES string of the molecule is C[C@H]1COCCN1c1nc(-c2ccc(NC(=O)NCCS(C)(=O)=O)cc2)nc2c1COCC2. The molecule has 10 nitrogen and oxygen atoms in total. The summed E-state index contributed by atoms with van der Waals surface area (Å²) in [5.41, 5.74) is 3.48. The number of urea groups is 1. The number of hydrogen-bond donors (Lipinski definition) is 2. The first-order valence-corrected chi connectivity index (χ1v) is 13.0. The van der Waals surface area contributed by atoms with E-state index in [9.17, 15) is 13.2 Å². The largest absolute Gasteiger partial charge is 0.377 e. The Balaban J connectivity index is 1.52. The van der Waals surface area contributed by atoms with E-state index in [1.54, 1.807) is 12.1 Å². The molecule has 2 aliphatic heterocycles. The second-order valence-electron chi connectivity index (χ2n) is 8.30. The molecule has 0 bridgehead atoms.